The molecule has 102 valence electrons. The van der Waals surface area contributed by atoms with E-state index < -0.39 is 0 Å². The highest BCUT2D eigenvalue weighted by molar-refractivity contribution is 5.63. The summed E-state index contributed by atoms with van der Waals surface area (Å²) in [6.45, 7) is 1.56. The molecule has 5 nitrogen and oxygen atoms in total. The minimum absolute atomic E-state index is 0.607. The Labute approximate surface area is 108 Å². The van der Waals surface area contributed by atoms with Gasteiger partial charge >= 0.3 is 0 Å². The smallest absolute Gasteiger partial charge is 0.203 e. The molecule has 0 aliphatic heterocycles. The molecule has 0 atom stereocenters. The Morgan fingerprint density at radius 2 is 1.61 bits per heavy atom. The fourth-order valence-electron chi connectivity index (χ4n) is 1.75. The molecule has 0 saturated heterocycles. The maximum atomic E-state index is 5.52. The molecular formula is C13H22N2O3. The first-order chi connectivity index (χ1) is 8.67. The number of hydrogen-bond donors (Lipinski definition) is 1. The van der Waals surface area contributed by atoms with Gasteiger partial charge in [0, 0.05) is 31.4 Å². The van der Waals surface area contributed by atoms with E-state index in [2.05, 4.69) is 4.90 Å². The van der Waals surface area contributed by atoms with Crippen LogP contribution in [0.25, 0.3) is 0 Å². The van der Waals surface area contributed by atoms with E-state index in [0.29, 0.717) is 23.8 Å². The summed E-state index contributed by atoms with van der Waals surface area (Å²) in [4.78, 5) is 2.11. The highest BCUT2D eigenvalue weighted by atomic mass is 16.5. The van der Waals surface area contributed by atoms with Crippen LogP contribution < -0.4 is 24.8 Å². The Bertz CT molecular complexity index is 357. The summed E-state index contributed by atoms with van der Waals surface area (Å²) in [5, 5.41) is 0. The van der Waals surface area contributed by atoms with Gasteiger partial charge in [-0.05, 0) is 13.0 Å². The first-order valence-electron chi connectivity index (χ1n) is 5.89. The normalized spacial score (nSPS) is 10.1. The van der Waals surface area contributed by atoms with Crippen LogP contribution in [0.1, 0.15) is 6.42 Å². The van der Waals surface area contributed by atoms with Crippen LogP contribution in [0, 0.1) is 0 Å². The molecule has 1 aromatic rings. The van der Waals surface area contributed by atoms with E-state index in [1.165, 1.54) is 0 Å². The Morgan fingerprint density at radius 1 is 1.06 bits per heavy atom. The van der Waals surface area contributed by atoms with Gasteiger partial charge in [0.1, 0.15) is 0 Å². The molecule has 1 rings (SSSR count). The Morgan fingerprint density at radius 3 is 2.00 bits per heavy atom. The molecule has 0 bridgehead atoms. The van der Waals surface area contributed by atoms with E-state index in [0.717, 1.165) is 18.7 Å². The van der Waals surface area contributed by atoms with Crippen molar-refractivity contribution in [1.82, 2.24) is 0 Å². The average Bonchev–Trinajstić information content (AvgIpc) is 2.42. The van der Waals surface area contributed by atoms with Crippen molar-refractivity contribution in [2.24, 2.45) is 5.73 Å². The fourth-order valence-corrected chi connectivity index (χ4v) is 1.75. The first kappa shape index (κ1) is 14.4. The van der Waals surface area contributed by atoms with Crippen LogP contribution in [0.15, 0.2) is 12.1 Å². The molecule has 0 amide bonds. The molecule has 0 fully saturated rings. The summed E-state index contributed by atoms with van der Waals surface area (Å²) in [7, 11) is 6.83. The van der Waals surface area contributed by atoms with E-state index >= 15 is 0 Å². The highest BCUT2D eigenvalue weighted by Crippen LogP contribution is 2.40. The number of anilines is 1. The monoisotopic (exact) mass is 254 g/mol. The number of hydrogen-bond acceptors (Lipinski definition) is 5. The summed E-state index contributed by atoms with van der Waals surface area (Å²) >= 11 is 0. The zero-order valence-corrected chi connectivity index (χ0v) is 11.5. The standard InChI is InChI=1S/C13H22N2O3/c1-15(7-5-6-14)10-8-11(16-2)13(18-4)12(9-10)17-3/h8-9H,5-7,14H2,1-4H3. The van der Waals surface area contributed by atoms with Crippen LogP contribution in [0.5, 0.6) is 17.2 Å². The number of ether oxygens (including phenoxy) is 3. The van der Waals surface area contributed by atoms with Crippen molar-refractivity contribution in [3.05, 3.63) is 12.1 Å². The third kappa shape index (κ3) is 3.20. The maximum absolute atomic E-state index is 5.52. The van der Waals surface area contributed by atoms with Gasteiger partial charge in [-0.2, -0.15) is 0 Å². The molecule has 0 saturated carbocycles. The van der Waals surface area contributed by atoms with Gasteiger partial charge in [-0.3, -0.25) is 0 Å². The largest absolute Gasteiger partial charge is 0.493 e. The fraction of sp³-hybridized carbons (Fsp3) is 0.538. The molecule has 1 aromatic carbocycles. The lowest BCUT2D eigenvalue weighted by Gasteiger charge is -2.21. The van der Waals surface area contributed by atoms with Gasteiger partial charge in [-0.1, -0.05) is 0 Å². The summed E-state index contributed by atoms with van der Waals surface area (Å²) in [5.74, 6) is 1.92. The molecule has 0 unspecified atom stereocenters. The summed E-state index contributed by atoms with van der Waals surface area (Å²) in [6, 6.07) is 3.86. The topological polar surface area (TPSA) is 57.0 Å². The molecule has 0 aliphatic carbocycles. The van der Waals surface area contributed by atoms with Crippen LogP contribution in [0.2, 0.25) is 0 Å². The molecule has 0 heterocycles. The van der Waals surface area contributed by atoms with Crippen LogP contribution in [-0.2, 0) is 0 Å². The van der Waals surface area contributed by atoms with Crippen LogP contribution in [0.4, 0.5) is 5.69 Å². The molecule has 0 spiro atoms. The summed E-state index contributed by atoms with van der Waals surface area (Å²) in [6.07, 6.45) is 0.938. The molecule has 0 radical (unpaired) electrons. The predicted molar refractivity (Wildman–Crippen MR) is 73.0 cm³/mol. The third-order valence-electron chi connectivity index (χ3n) is 2.79. The minimum Gasteiger partial charge on any atom is -0.493 e. The lowest BCUT2D eigenvalue weighted by molar-refractivity contribution is 0.324. The van der Waals surface area contributed by atoms with Crippen molar-refractivity contribution in [3.63, 3.8) is 0 Å². The number of nitrogens with two attached hydrogens (primary N) is 1. The van der Waals surface area contributed by atoms with Crippen molar-refractivity contribution in [2.45, 2.75) is 6.42 Å². The lowest BCUT2D eigenvalue weighted by Crippen LogP contribution is -2.21. The van der Waals surface area contributed by atoms with E-state index in [-0.39, 0.29) is 0 Å². The molecular weight excluding hydrogens is 232 g/mol. The Balaban J connectivity index is 3.06. The zero-order valence-electron chi connectivity index (χ0n) is 11.5. The van der Waals surface area contributed by atoms with Crippen molar-refractivity contribution in [2.75, 3.05) is 46.4 Å². The quantitative estimate of drug-likeness (QED) is 0.799. The second kappa shape index (κ2) is 6.96. The van der Waals surface area contributed by atoms with Gasteiger partial charge in [0.15, 0.2) is 11.5 Å². The second-order valence-corrected chi connectivity index (χ2v) is 3.95. The van der Waals surface area contributed by atoms with Crippen LogP contribution in [0.3, 0.4) is 0 Å². The number of methoxy groups -OCH3 is 3. The van der Waals surface area contributed by atoms with Crippen molar-refractivity contribution in [1.29, 1.82) is 0 Å². The SMILES string of the molecule is COc1cc(N(C)CCCN)cc(OC)c1OC. The predicted octanol–water partition coefficient (Wildman–Crippen LogP) is 1.50. The van der Waals surface area contributed by atoms with E-state index in [1.54, 1.807) is 21.3 Å². The zero-order chi connectivity index (χ0) is 13.5. The van der Waals surface area contributed by atoms with E-state index in [9.17, 15) is 0 Å². The number of nitrogens with zero attached hydrogens (tertiary/aromatic N) is 1. The second-order valence-electron chi connectivity index (χ2n) is 3.95. The lowest BCUT2D eigenvalue weighted by atomic mass is 10.2. The minimum atomic E-state index is 0.607. The third-order valence-corrected chi connectivity index (χ3v) is 2.79. The van der Waals surface area contributed by atoms with Gasteiger partial charge in [-0.15, -0.1) is 0 Å². The van der Waals surface area contributed by atoms with Crippen LogP contribution >= 0.6 is 0 Å². The van der Waals surface area contributed by atoms with Gasteiger partial charge in [0.05, 0.1) is 21.3 Å². The molecule has 0 aliphatic rings. The van der Waals surface area contributed by atoms with E-state index in [4.69, 9.17) is 19.9 Å². The summed E-state index contributed by atoms with van der Waals surface area (Å²) < 4.78 is 15.9. The van der Waals surface area contributed by atoms with Gasteiger partial charge in [-0.25, -0.2) is 0 Å². The number of rotatable bonds is 7. The molecule has 5 heteroatoms. The van der Waals surface area contributed by atoms with Gasteiger partial charge in [0.2, 0.25) is 5.75 Å². The van der Waals surface area contributed by atoms with Crippen molar-refractivity contribution >= 4 is 5.69 Å². The van der Waals surface area contributed by atoms with E-state index in [1.807, 2.05) is 19.2 Å². The Kier molecular flexibility index (Phi) is 5.58. The first-order valence-corrected chi connectivity index (χ1v) is 5.89. The molecule has 18 heavy (non-hydrogen) atoms. The highest BCUT2D eigenvalue weighted by Gasteiger charge is 2.14. The van der Waals surface area contributed by atoms with Gasteiger partial charge < -0.3 is 24.8 Å². The Hall–Kier alpha value is -1.62. The van der Waals surface area contributed by atoms with Crippen molar-refractivity contribution in [3.8, 4) is 17.2 Å². The molecule has 2 N–H and O–H groups in total. The average molecular weight is 254 g/mol. The van der Waals surface area contributed by atoms with Crippen molar-refractivity contribution < 1.29 is 14.2 Å². The van der Waals surface area contributed by atoms with Crippen LogP contribution in [-0.4, -0.2) is 41.5 Å². The number of benzene rings is 1. The summed E-state index contributed by atoms with van der Waals surface area (Å²) in [5.41, 5.74) is 6.53. The van der Waals surface area contributed by atoms with Gasteiger partial charge in [0.25, 0.3) is 0 Å². The molecule has 0 aromatic heterocycles. The maximum Gasteiger partial charge on any atom is 0.203 e.